The average Bonchev–Trinajstić information content (AvgIpc) is 3.30. The number of piperazine rings is 1. The predicted molar refractivity (Wildman–Crippen MR) is 86.3 cm³/mol. The van der Waals surface area contributed by atoms with Crippen molar-refractivity contribution < 1.29 is 18.0 Å². The molecule has 25 heavy (non-hydrogen) atoms. The Hall–Kier alpha value is -1.42. The van der Waals surface area contributed by atoms with Crippen LogP contribution in [0.3, 0.4) is 0 Å². The molecule has 1 N–H and O–H groups in total. The Morgan fingerprint density at radius 3 is 2.44 bits per heavy atom. The molecule has 1 saturated heterocycles. The maximum atomic E-state index is 12.5. The Labute approximate surface area is 147 Å². The summed E-state index contributed by atoms with van der Waals surface area (Å²) in [6.07, 6.45) is 0.790. The van der Waals surface area contributed by atoms with E-state index in [1.54, 1.807) is 4.90 Å². The van der Waals surface area contributed by atoms with E-state index >= 15 is 0 Å². The summed E-state index contributed by atoms with van der Waals surface area (Å²) in [6.45, 7) is 2.83. The van der Waals surface area contributed by atoms with Crippen LogP contribution in [0.1, 0.15) is 30.7 Å². The van der Waals surface area contributed by atoms with E-state index in [1.165, 1.54) is 25.7 Å². The number of hydrogen-bond donors (Lipinski definition) is 1. The number of carbonyl (C=O) groups is 1. The van der Waals surface area contributed by atoms with Gasteiger partial charge in [-0.2, -0.15) is 13.2 Å². The highest BCUT2D eigenvalue weighted by Gasteiger charge is 2.43. The van der Waals surface area contributed by atoms with E-state index in [9.17, 15) is 18.0 Å². The molecule has 0 aromatic carbocycles. The molecule has 0 radical (unpaired) electrons. The molecule has 3 fully saturated rings. The van der Waals surface area contributed by atoms with Gasteiger partial charge in [0.25, 0.3) is 0 Å². The molecule has 2 heterocycles. The fraction of sp³-hybridized carbons (Fsp3) is 0.800. The maximum absolute atomic E-state index is 12.5. The highest BCUT2D eigenvalue weighted by Crippen LogP contribution is 2.46. The average molecular weight is 375 g/mol. The molecule has 3 aliphatic rings. The van der Waals surface area contributed by atoms with Gasteiger partial charge >= 0.3 is 12.2 Å². The third-order valence-corrected chi connectivity index (χ3v) is 6.54. The molecule has 1 aliphatic heterocycles. The van der Waals surface area contributed by atoms with Crippen molar-refractivity contribution in [2.24, 2.45) is 11.8 Å². The summed E-state index contributed by atoms with van der Waals surface area (Å²) >= 11 is 0.345. The zero-order valence-corrected chi connectivity index (χ0v) is 14.4. The molecule has 2 amide bonds. The van der Waals surface area contributed by atoms with Gasteiger partial charge in [-0.1, -0.05) is 17.8 Å². The van der Waals surface area contributed by atoms with E-state index in [-0.39, 0.29) is 5.13 Å². The van der Waals surface area contributed by atoms with Gasteiger partial charge in [0.05, 0.1) is 0 Å². The number of urea groups is 1. The number of rotatable bonds is 2. The normalized spacial score (nSPS) is 30.0. The minimum atomic E-state index is -4.53. The van der Waals surface area contributed by atoms with Crippen LogP contribution in [0, 0.1) is 11.8 Å². The number of amides is 2. The number of halogens is 3. The number of fused-ring (bicyclic) bond motifs is 2. The van der Waals surface area contributed by atoms with Gasteiger partial charge < -0.3 is 4.90 Å². The molecule has 6 nitrogen and oxygen atoms in total. The molecule has 1 aromatic rings. The van der Waals surface area contributed by atoms with Crippen molar-refractivity contribution in [3.8, 4) is 0 Å². The second kappa shape index (κ2) is 6.39. The molecule has 0 unspecified atom stereocenters. The fourth-order valence-electron chi connectivity index (χ4n) is 4.47. The first-order valence-corrected chi connectivity index (χ1v) is 9.42. The Morgan fingerprint density at radius 2 is 1.88 bits per heavy atom. The van der Waals surface area contributed by atoms with Gasteiger partial charge in [0.15, 0.2) is 0 Å². The molecular weight excluding hydrogens is 355 g/mol. The van der Waals surface area contributed by atoms with Crippen LogP contribution in [0.4, 0.5) is 23.1 Å². The van der Waals surface area contributed by atoms with E-state index < -0.39 is 17.2 Å². The van der Waals surface area contributed by atoms with Gasteiger partial charge in [-0.25, -0.2) is 4.79 Å². The number of alkyl halides is 3. The number of anilines is 1. The zero-order chi connectivity index (χ0) is 17.6. The van der Waals surface area contributed by atoms with Crippen LogP contribution in [0.15, 0.2) is 0 Å². The lowest BCUT2D eigenvalue weighted by Gasteiger charge is -2.40. The highest BCUT2D eigenvalue weighted by molar-refractivity contribution is 7.15. The van der Waals surface area contributed by atoms with Crippen molar-refractivity contribution in [2.45, 2.75) is 37.9 Å². The van der Waals surface area contributed by atoms with Gasteiger partial charge in [0.1, 0.15) is 0 Å². The van der Waals surface area contributed by atoms with Crippen LogP contribution in [0.2, 0.25) is 0 Å². The quantitative estimate of drug-likeness (QED) is 0.864. The van der Waals surface area contributed by atoms with E-state index in [2.05, 4.69) is 20.4 Å². The number of aromatic nitrogens is 2. The van der Waals surface area contributed by atoms with Gasteiger partial charge in [-0.05, 0) is 31.1 Å². The van der Waals surface area contributed by atoms with Crippen LogP contribution in [0.5, 0.6) is 0 Å². The summed E-state index contributed by atoms with van der Waals surface area (Å²) in [6, 6.07) is 0.249. The van der Waals surface area contributed by atoms with Crippen molar-refractivity contribution in [1.29, 1.82) is 0 Å². The molecule has 3 atom stereocenters. The number of carbonyl (C=O) groups excluding carboxylic acids is 1. The standard InChI is InChI=1S/C15H20F3N5OS/c16-15(17,18)12-20-21-13(25-12)19-14(24)23-5-3-22(4-6-23)11-8-9-1-2-10(11)7-9/h9-11H,1-8H2,(H,19,21,24)/t9-,10+,11-/m1/s1. The van der Waals surface area contributed by atoms with Crippen molar-refractivity contribution in [2.75, 3.05) is 31.5 Å². The number of nitrogens with one attached hydrogen (secondary N) is 1. The lowest BCUT2D eigenvalue weighted by molar-refractivity contribution is -0.138. The zero-order valence-electron chi connectivity index (χ0n) is 13.6. The summed E-state index contributed by atoms with van der Waals surface area (Å²) in [5, 5.41) is 7.73. The van der Waals surface area contributed by atoms with E-state index in [0.29, 0.717) is 30.5 Å². The van der Waals surface area contributed by atoms with Crippen LogP contribution < -0.4 is 5.32 Å². The minimum absolute atomic E-state index is 0.118. The van der Waals surface area contributed by atoms with Gasteiger partial charge in [-0.15, -0.1) is 10.2 Å². The van der Waals surface area contributed by atoms with Crippen LogP contribution in [0.25, 0.3) is 0 Å². The van der Waals surface area contributed by atoms with Gasteiger partial charge in [0.2, 0.25) is 10.1 Å². The molecule has 2 aliphatic carbocycles. The molecule has 138 valence electrons. The molecule has 10 heteroatoms. The third-order valence-electron chi connectivity index (χ3n) is 5.65. The van der Waals surface area contributed by atoms with E-state index in [4.69, 9.17) is 0 Å². The van der Waals surface area contributed by atoms with Crippen molar-refractivity contribution in [1.82, 2.24) is 20.0 Å². The summed E-state index contributed by atoms with van der Waals surface area (Å²) in [4.78, 5) is 16.4. The van der Waals surface area contributed by atoms with Crippen LogP contribution in [-0.4, -0.2) is 58.2 Å². The first-order chi connectivity index (χ1) is 11.9. The summed E-state index contributed by atoms with van der Waals surface area (Å²) in [5.74, 6) is 1.70. The van der Waals surface area contributed by atoms with E-state index in [1.807, 2.05) is 0 Å². The summed E-state index contributed by atoms with van der Waals surface area (Å²) in [5.41, 5.74) is 0. The first-order valence-electron chi connectivity index (χ1n) is 8.61. The topological polar surface area (TPSA) is 61.4 Å². The summed E-state index contributed by atoms with van der Waals surface area (Å²) in [7, 11) is 0. The van der Waals surface area contributed by atoms with Crippen molar-refractivity contribution >= 4 is 22.5 Å². The Morgan fingerprint density at radius 1 is 1.12 bits per heavy atom. The SMILES string of the molecule is O=C(Nc1nnc(C(F)(F)F)s1)N1CCN([C@@H]2C[C@@H]3CC[C@H]2C3)CC1. The minimum Gasteiger partial charge on any atom is -0.322 e. The predicted octanol–water partition coefficient (Wildman–Crippen LogP) is 2.90. The lowest BCUT2D eigenvalue weighted by atomic mass is 9.93. The van der Waals surface area contributed by atoms with E-state index in [0.717, 1.165) is 24.9 Å². The van der Waals surface area contributed by atoms with Crippen molar-refractivity contribution in [3.63, 3.8) is 0 Å². The number of hydrogen-bond acceptors (Lipinski definition) is 5. The smallest absolute Gasteiger partial charge is 0.322 e. The fourth-order valence-corrected chi connectivity index (χ4v) is 5.07. The molecule has 2 saturated carbocycles. The lowest BCUT2D eigenvalue weighted by Crippen LogP contribution is -2.53. The molecule has 1 aromatic heterocycles. The summed E-state index contributed by atoms with van der Waals surface area (Å²) < 4.78 is 37.6. The Kier molecular flexibility index (Phi) is 4.35. The molecule has 0 spiro atoms. The van der Waals surface area contributed by atoms with Gasteiger partial charge in [0, 0.05) is 32.2 Å². The van der Waals surface area contributed by atoms with Crippen LogP contribution in [-0.2, 0) is 6.18 Å². The molecule has 2 bridgehead atoms. The first kappa shape index (κ1) is 17.0. The van der Waals surface area contributed by atoms with Gasteiger partial charge in [-0.3, -0.25) is 10.2 Å². The highest BCUT2D eigenvalue weighted by atomic mass is 32.1. The molecular formula is C15H20F3N5OS. The van der Waals surface area contributed by atoms with Crippen molar-refractivity contribution in [3.05, 3.63) is 5.01 Å². The maximum Gasteiger partial charge on any atom is 0.445 e. The second-order valence-corrected chi connectivity index (χ2v) is 8.08. The Bertz CT molecular complexity index is 643. The largest absolute Gasteiger partial charge is 0.445 e. The van der Waals surface area contributed by atoms with Crippen LogP contribution >= 0.6 is 11.3 Å². The third kappa shape index (κ3) is 3.46. The monoisotopic (exact) mass is 375 g/mol. The number of nitrogens with zero attached hydrogens (tertiary/aromatic N) is 4. The second-order valence-electron chi connectivity index (χ2n) is 7.11. The molecule has 4 rings (SSSR count). The Balaban J connectivity index is 1.29.